The summed E-state index contributed by atoms with van der Waals surface area (Å²) < 4.78 is 19.3. The molecule has 190 valence electrons. The van der Waals surface area contributed by atoms with Gasteiger partial charge in [-0.1, -0.05) is 60.1 Å². The molecule has 1 aromatic heterocycles. The fourth-order valence-corrected chi connectivity index (χ4v) is 4.69. The first-order valence-electron chi connectivity index (χ1n) is 11.5. The minimum Gasteiger partial charge on any atom is -0.494 e. The van der Waals surface area contributed by atoms with Crippen molar-refractivity contribution in [3.63, 3.8) is 0 Å². The topological polar surface area (TPSA) is 118 Å². The highest BCUT2D eigenvalue weighted by Gasteiger charge is 2.25. The molecule has 7 nitrogen and oxygen atoms in total. The van der Waals surface area contributed by atoms with Crippen molar-refractivity contribution in [2.75, 3.05) is 7.11 Å². The Kier molecular flexibility index (Phi) is 6.57. The maximum absolute atomic E-state index is 14.3. The van der Waals surface area contributed by atoms with E-state index in [0.717, 1.165) is 5.56 Å². The standard InChI is InChI=1S/C29H21ClFN3O4/c1-38-24-14-23-22(13-21(24)31)33-28(34-23)20-5-3-2-4-18(20)19-11-8-16(12-15-6-9-17(30)10-7-15)25(27(32)35)26(19)29(36)37/h2-11,13-14H,12H2,1H3,(H2,32,35)(H,33,34)(H,36,37). The van der Waals surface area contributed by atoms with Crippen LogP contribution < -0.4 is 10.5 Å². The normalized spacial score (nSPS) is 11.0. The molecule has 9 heteroatoms. The zero-order valence-corrected chi connectivity index (χ0v) is 20.8. The van der Waals surface area contributed by atoms with Gasteiger partial charge in [-0.25, -0.2) is 14.2 Å². The summed E-state index contributed by atoms with van der Waals surface area (Å²) >= 11 is 5.98. The summed E-state index contributed by atoms with van der Waals surface area (Å²) in [7, 11) is 1.37. The maximum Gasteiger partial charge on any atom is 0.337 e. The number of carboxylic acid groups (broad SMARTS) is 1. The number of aromatic nitrogens is 2. The number of rotatable bonds is 7. The van der Waals surface area contributed by atoms with Crippen LogP contribution in [0.3, 0.4) is 0 Å². The van der Waals surface area contributed by atoms with Crippen molar-refractivity contribution >= 4 is 34.5 Å². The molecule has 1 amide bonds. The molecule has 0 radical (unpaired) electrons. The Labute approximate surface area is 221 Å². The van der Waals surface area contributed by atoms with Crippen molar-refractivity contribution in [2.45, 2.75) is 6.42 Å². The van der Waals surface area contributed by atoms with E-state index in [4.69, 9.17) is 22.1 Å². The number of H-pyrrole nitrogens is 1. The number of imidazole rings is 1. The summed E-state index contributed by atoms with van der Waals surface area (Å²) in [6, 6.07) is 20.2. The number of ether oxygens (including phenoxy) is 1. The summed E-state index contributed by atoms with van der Waals surface area (Å²) in [5, 5.41) is 10.8. The largest absolute Gasteiger partial charge is 0.494 e. The van der Waals surface area contributed by atoms with E-state index in [1.54, 1.807) is 60.7 Å². The fraction of sp³-hybridized carbons (Fsp3) is 0.0690. The Morgan fingerprint density at radius 1 is 1.00 bits per heavy atom. The predicted octanol–water partition coefficient (Wildman–Crippen LogP) is 6.09. The number of hydrogen-bond acceptors (Lipinski definition) is 4. The van der Waals surface area contributed by atoms with E-state index in [-0.39, 0.29) is 23.3 Å². The van der Waals surface area contributed by atoms with E-state index in [2.05, 4.69) is 9.97 Å². The zero-order valence-electron chi connectivity index (χ0n) is 20.1. The first-order valence-corrected chi connectivity index (χ1v) is 11.9. The Hall–Kier alpha value is -4.69. The summed E-state index contributed by atoms with van der Waals surface area (Å²) in [5.41, 5.74) is 9.06. The molecule has 0 spiro atoms. The number of amides is 1. The minimum atomic E-state index is -1.29. The number of aromatic amines is 1. The molecule has 0 bridgehead atoms. The first-order chi connectivity index (χ1) is 18.3. The van der Waals surface area contributed by atoms with Gasteiger partial charge in [0, 0.05) is 22.7 Å². The number of primary amides is 1. The van der Waals surface area contributed by atoms with Crippen molar-refractivity contribution in [1.82, 2.24) is 9.97 Å². The van der Waals surface area contributed by atoms with Gasteiger partial charge in [0.15, 0.2) is 11.6 Å². The smallest absolute Gasteiger partial charge is 0.337 e. The van der Waals surface area contributed by atoms with Gasteiger partial charge in [0.25, 0.3) is 0 Å². The van der Waals surface area contributed by atoms with Gasteiger partial charge in [-0.3, -0.25) is 4.79 Å². The van der Waals surface area contributed by atoms with E-state index < -0.39 is 17.7 Å². The highest BCUT2D eigenvalue weighted by molar-refractivity contribution is 6.30. The lowest BCUT2D eigenvalue weighted by atomic mass is 9.87. The first kappa shape index (κ1) is 25.0. The van der Waals surface area contributed by atoms with Gasteiger partial charge in [0.1, 0.15) is 5.82 Å². The second-order valence-corrected chi connectivity index (χ2v) is 9.07. The van der Waals surface area contributed by atoms with Gasteiger partial charge in [0.05, 0.1) is 29.3 Å². The van der Waals surface area contributed by atoms with E-state index in [0.29, 0.717) is 44.1 Å². The number of nitrogens with zero attached hydrogens (tertiary/aromatic N) is 1. The van der Waals surface area contributed by atoms with Crippen LogP contribution in [0.2, 0.25) is 5.02 Å². The molecule has 4 aromatic carbocycles. The van der Waals surface area contributed by atoms with Crippen molar-refractivity contribution in [2.24, 2.45) is 5.73 Å². The Morgan fingerprint density at radius 3 is 2.37 bits per heavy atom. The number of methoxy groups -OCH3 is 1. The summed E-state index contributed by atoms with van der Waals surface area (Å²) in [6.45, 7) is 0. The average Bonchev–Trinajstić information content (AvgIpc) is 3.31. The third-order valence-corrected chi connectivity index (χ3v) is 6.54. The molecule has 5 rings (SSSR count). The number of carbonyl (C=O) groups is 2. The maximum atomic E-state index is 14.3. The Bertz CT molecular complexity index is 1710. The van der Waals surface area contributed by atoms with Crippen molar-refractivity contribution in [3.05, 3.63) is 106 Å². The second-order valence-electron chi connectivity index (χ2n) is 8.63. The van der Waals surface area contributed by atoms with Gasteiger partial charge in [-0.05, 0) is 40.8 Å². The average molecular weight is 530 g/mol. The van der Waals surface area contributed by atoms with Crippen LogP contribution in [0.25, 0.3) is 33.5 Å². The number of fused-ring (bicyclic) bond motifs is 1. The molecule has 0 fully saturated rings. The molecule has 1 heterocycles. The van der Waals surface area contributed by atoms with Crippen molar-refractivity contribution in [1.29, 1.82) is 0 Å². The number of hydrogen-bond donors (Lipinski definition) is 3. The van der Waals surface area contributed by atoms with Gasteiger partial charge in [-0.2, -0.15) is 0 Å². The van der Waals surface area contributed by atoms with Crippen LogP contribution in [0.4, 0.5) is 4.39 Å². The zero-order chi connectivity index (χ0) is 27.0. The molecule has 0 atom stereocenters. The summed E-state index contributed by atoms with van der Waals surface area (Å²) in [4.78, 5) is 32.8. The lowest BCUT2D eigenvalue weighted by Crippen LogP contribution is -2.20. The Morgan fingerprint density at radius 2 is 1.71 bits per heavy atom. The summed E-state index contributed by atoms with van der Waals surface area (Å²) in [5.74, 6) is -2.24. The minimum absolute atomic E-state index is 0.0662. The number of nitrogens with two attached hydrogens (primary N) is 1. The SMILES string of the molecule is COc1cc2[nH]c(-c3ccccc3-c3ccc(Cc4ccc(Cl)cc4)c(C(N)=O)c3C(=O)O)nc2cc1F. The number of carboxylic acids is 1. The molecule has 38 heavy (non-hydrogen) atoms. The lowest BCUT2D eigenvalue weighted by molar-refractivity contribution is 0.0692. The quantitative estimate of drug-likeness (QED) is 0.236. The molecule has 5 aromatic rings. The van der Waals surface area contributed by atoms with Gasteiger partial charge < -0.3 is 20.6 Å². The van der Waals surface area contributed by atoms with Crippen molar-refractivity contribution in [3.8, 4) is 28.3 Å². The van der Waals surface area contributed by atoms with Crippen LogP contribution >= 0.6 is 11.6 Å². The van der Waals surface area contributed by atoms with Crippen LogP contribution in [-0.2, 0) is 6.42 Å². The van der Waals surface area contributed by atoms with E-state index in [9.17, 15) is 19.1 Å². The molecule has 0 saturated carbocycles. The van der Waals surface area contributed by atoms with E-state index in [1.165, 1.54) is 19.2 Å². The highest BCUT2D eigenvalue weighted by Crippen LogP contribution is 2.37. The molecular weight excluding hydrogens is 509 g/mol. The number of halogens is 2. The monoisotopic (exact) mass is 529 g/mol. The van der Waals surface area contributed by atoms with Crippen molar-refractivity contribution < 1.29 is 23.8 Å². The van der Waals surface area contributed by atoms with Crippen LogP contribution in [0, 0.1) is 5.82 Å². The third kappa shape index (κ3) is 4.57. The number of aromatic carboxylic acids is 1. The third-order valence-electron chi connectivity index (χ3n) is 6.29. The molecule has 0 aliphatic rings. The molecule has 4 N–H and O–H groups in total. The Balaban J connectivity index is 1.68. The molecular formula is C29H21ClFN3O4. The van der Waals surface area contributed by atoms with Gasteiger partial charge in [0.2, 0.25) is 5.91 Å². The number of benzene rings is 4. The molecule has 0 aliphatic carbocycles. The summed E-state index contributed by atoms with van der Waals surface area (Å²) in [6.07, 6.45) is 0.286. The van der Waals surface area contributed by atoms with Gasteiger partial charge in [-0.15, -0.1) is 0 Å². The van der Waals surface area contributed by atoms with Crippen LogP contribution in [0.5, 0.6) is 5.75 Å². The number of carbonyl (C=O) groups excluding carboxylic acids is 1. The fourth-order valence-electron chi connectivity index (χ4n) is 4.56. The van der Waals surface area contributed by atoms with Crippen LogP contribution in [-0.4, -0.2) is 34.1 Å². The van der Waals surface area contributed by atoms with Crippen LogP contribution in [0.1, 0.15) is 31.8 Å². The second kappa shape index (κ2) is 9.99. The van der Waals surface area contributed by atoms with Gasteiger partial charge >= 0.3 is 5.97 Å². The molecule has 0 saturated heterocycles. The molecule has 0 aliphatic heterocycles. The number of nitrogens with one attached hydrogen (secondary N) is 1. The molecule has 0 unspecified atom stereocenters. The highest BCUT2D eigenvalue weighted by atomic mass is 35.5. The van der Waals surface area contributed by atoms with E-state index in [1.807, 2.05) is 0 Å². The lowest BCUT2D eigenvalue weighted by Gasteiger charge is -2.16. The van der Waals surface area contributed by atoms with Crippen LogP contribution in [0.15, 0.2) is 72.8 Å². The van der Waals surface area contributed by atoms with E-state index >= 15 is 0 Å². The predicted molar refractivity (Wildman–Crippen MR) is 143 cm³/mol.